The fraction of sp³-hybridized carbons (Fsp3) is 0.200. The number of ether oxygens (including phenoxy) is 3. The Hall–Kier alpha value is -2.78. The number of carbonyl (C=O) groups is 1. The zero-order chi connectivity index (χ0) is 23.6. The van der Waals surface area contributed by atoms with Crippen LogP contribution in [0.3, 0.4) is 0 Å². The Morgan fingerprint density at radius 3 is 2.36 bits per heavy atom. The number of amides is 1. The van der Waals surface area contributed by atoms with Crippen LogP contribution in [0.1, 0.15) is 35.3 Å². The first-order valence-electron chi connectivity index (χ1n) is 10.4. The highest BCUT2D eigenvalue weighted by Gasteiger charge is 2.12. The zero-order valence-electron chi connectivity index (χ0n) is 18.3. The molecule has 6 nitrogen and oxygen atoms in total. The number of rotatable bonds is 10. The molecule has 0 aliphatic carbocycles. The molecule has 0 radical (unpaired) electrons. The van der Waals surface area contributed by atoms with E-state index >= 15 is 0 Å². The summed E-state index contributed by atoms with van der Waals surface area (Å²) in [6, 6.07) is 18.1. The Morgan fingerprint density at radius 2 is 1.70 bits per heavy atom. The molecule has 0 unspecified atom stereocenters. The highest BCUT2D eigenvalue weighted by Crippen LogP contribution is 2.34. The van der Waals surface area contributed by atoms with Gasteiger partial charge in [0.15, 0.2) is 11.5 Å². The Morgan fingerprint density at radius 1 is 1.00 bits per heavy atom. The van der Waals surface area contributed by atoms with Crippen molar-refractivity contribution in [3.05, 3.63) is 85.9 Å². The molecule has 0 aromatic heterocycles. The number of hydrogen-bond donors (Lipinski definition) is 1. The van der Waals surface area contributed by atoms with Gasteiger partial charge in [0.1, 0.15) is 12.4 Å². The summed E-state index contributed by atoms with van der Waals surface area (Å²) in [6.45, 7) is 5.27. The minimum atomic E-state index is -0.308. The van der Waals surface area contributed by atoms with Gasteiger partial charge in [0, 0.05) is 10.6 Å². The SMILES string of the molecule is CCOc1ccc(C(=O)N/N=C/c2cc(I)c(OCc3ccc(Cl)cc3)c(OCC)c2)cc1. The number of nitrogens with one attached hydrogen (secondary N) is 1. The van der Waals surface area contributed by atoms with Crippen molar-refractivity contribution in [3.8, 4) is 17.2 Å². The number of halogens is 2. The Kier molecular flexibility index (Phi) is 9.38. The number of benzene rings is 3. The first-order chi connectivity index (χ1) is 16.0. The minimum Gasteiger partial charge on any atom is -0.494 e. The second-order valence-corrected chi connectivity index (χ2v) is 8.43. The van der Waals surface area contributed by atoms with E-state index in [1.54, 1.807) is 30.5 Å². The molecule has 0 spiro atoms. The summed E-state index contributed by atoms with van der Waals surface area (Å²) in [4.78, 5) is 12.3. The van der Waals surface area contributed by atoms with Crippen LogP contribution in [-0.4, -0.2) is 25.3 Å². The van der Waals surface area contributed by atoms with Gasteiger partial charge in [0.05, 0.1) is 23.0 Å². The van der Waals surface area contributed by atoms with E-state index in [1.807, 2.05) is 50.2 Å². The average Bonchev–Trinajstić information content (AvgIpc) is 2.80. The summed E-state index contributed by atoms with van der Waals surface area (Å²) >= 11 is 8.14. The van der Waals surface area contributed by atoms with Crippen LogP contribution in [-0.2, 0) is 6.61 Å². The quantitative estimate of drug-likeness (QED) is 0.180. The van der Waals surface area contributed by atoms with E-state index in [1.165, 1.54) is 0 Å². The van der Waals surface area contributed by atoms with Gasteiger partial charge in [0.25, 0.3) is 5.91 Å². The Labute approximate surface area is 212 Å². The van der Waals surface area contributed by atoms with Crippen LogP contribution in [0, 0.1) is 3.57 Å². The van der Waals surface area contributed by atoms with Crippen LogP contribution in [0.5, 0.6) is 17.2 Å². The van der Waals surface area contributed by atoms with E-state index in [0.29, 0.717) is 47.7 Å². The van der Waals surface area contributed by atoms with E-state index in [9.17, 15) is 4.79 Å². The number of hydrazone groups is 1. The fourth-order valence-electron chi connectivity index (χ4n) is 2.90. The van der Waals surface area contributed by atoms with E-state index in [0.717, 1.165) is 14.7 Å². The highest BCUT2D eigenvalue weighted by molar-refractivity contribution is 14.1. The lowest BCUT2D eigenvalue weighted by Gasteiger charge is -2.15. The van der Waals surface area contributed by atoms with E-state index in [4.69, 9.17) is 25.8 Å². The normalized spacial score (nSPS) is 10.8. The number of carbonyl (C=O) groups excluding carboxylic acids is 1. The molecule has 0 aliphatic rings. The minimum absolute atomic E-state index is 0.308. The van der Waals surface area contributed by atoms with Gasteiger partial charge < -0.3 is 14.2 Å². The van der Waals surface area contributed by atoms with Crippen molar-refractivity contribution in [3.63, 3.8) is 0 Å². The lowest BCUT2D eigenvalue weighted by molar-refractivity contribution is 0.0955. The predicted octanol–water partition coefficient (Wildman–Crippen LogP) is 6.08. The molecule has 3 aromatic rings. The van der Waals surface area contributed by atoms with Crippen LogP contribution in [0.15, 0.2) is 65.8 Å². The number of nitrogens with zero attached hydrogens (tertiary/aromatic N) is 1. The van der Waals surface area contributed by atoms with Crippen LogP contribution in [0.4, 0.5) is 0 Å². The smallest absolute Gasteiger partial charge is 0.271 e. The number of hydrogen-bond acceptors (Lipinski definition) is 5. The molecule has 0 saturated carbocycles. The van der Waals surface area contributed by atoms with E-state index in [2.05, 4.69) is 33.1 Å². The molecular weight excluding hydrogens is 555 g/mol. The van der Waals surface area contributed by atoms with E-state index in [-0.39, 0.29) is 5.91 Å². The van der Waals surface area contributed by atoms with Crippen LogP contribution >= 0.6 is 34.2 Å². The van der Waals surface area contributed by atoms with Gasteiger partial charge in [0.2, 0.25) is 0 Å². The molecule has 1 N–H and O–H groups in total. The maximum absolute atomic E-state index is 12.3. The monoisotopic (exact) mass is 578 g/mol. The molecule has 0 aliphatic heterocycles. The first kappa shape index (κ1) is 24.9. The summed E-state index contributed by atoms with van der Waals surface area (Å²) in [5.41, 5.74) is 4.80. The van der Waals surface area contributed by atoms with Crippen molar-refractivity contribution in [2.45, 2.75) is 20.5 Å². The Balaban J connectivity index is 1.67. The predicted molar refractivity (Wildman–Crippen MR) is 139 cm³/mol. The largest absolute Gasteiger partial charge is 0.494 e. The molecule has 33 heavy (non-hydrogen) atoms. The second-order valence-electron chi connectivity index (χ2n) is 6.83. The maximum Gasteiger partial charge on any atom is 0.271 e. The fourth-order valence-corrected chi connectivity index (χ4v) is 3.81. The molecule has 8 heteroatoms. The lowest BCUT2D eigenvalue weighted by atomic mass is 10.2. The highest BCUT2D eigenvalue weighted by atomic mass is 127. The molecular formula is C25H24ClIN2O4. The maximum atomic E-state index is 12.3. The third-order valence-electron chi connectivity index (χ3n) is 4.44. The van der Waals surface area contributed by atoms with Gasteiger partial charge in [-0.2, -0.15) is 5.10 Å². The zero-order valence-corrected chi connectivity index (χ0v) is 21.2. The summed E-state index contributed by atoms with van der Waals surface area (Å²) < 4.78 is 18.1. The summed E-state index contributed by atoms with van der Waals surface area (Å²) in [5.74, 6) is 1.67. The molecule has 0 atom stereocenters. The van der Waals surface area contributed by atoms with Crippen molar-refractivity contribution < 1.29 is 19.0 Å². The van der Waals surface area contributed by atoms with Gasteiger partial charge in [-0.25, -0.2) is 5.43 Å². The summed E-state index contributed by atoms with van der Waals surface area (Å²) in [5, 5.41) is 4.76. The molecule has 1 amide bonds. The van der Waals surface area contributed by atoms with Crippen molar-refractivity contribution >= 4 is 46.3 Å². The van der Waals surface area contributed by atoms with Crippen molar-refractivity contribution in [2.24, 2.45) is 5.10 Å². The van der Waals surface area contributed by atoms with Crippen LogP contribution in [0.25, 0.3) is 0 Å². The summed E-state index contributed by atoms with van der Waals surface area (Å²) in [7, 11) is 0. The molecule has 3 rings (SSSR count). The first-order valence-corrected chi connectivity index (χ1v) is 11.9. The van der Waals surface area contributed by atoms with E-state index < -0.39 is 0 Å². The molecule has 172 valence electrons. The van der Waals surface area contributed by atoms with Crippen LogP contribution in [0.2, 0.25) is 5.02 Å². The van der Waals surface area contributed by atoms with Crippen molar-refractivity contribution in [1.82, 2.24) is 5.43 Å². The molecule has 0 bridgehead atoms. The molecule has 3 aromatic carbocycles. The third-order valence-corrected chi connectivity index (χ3v) is 5.49. The molecule has 0 saturated heterocycles. The second kappa shape index (κ2) is 12.5. The molecule has 0 fully saturated rings. The topological polar surface area (TPSA) is 69.2 Å². The van der Waals surface area contributed by atoms with Gasteiger partial charge in [-0.3, -0.25) is 4.79 Å². The van der Waals surface area contributed by atoms with Gasteiger partial charge in [-0.15, -0.1) is 0 Å². The molecule has 0 heterocycles. The lowest BCUT2D eigenvalue weighted by Crippen LogP contribution is -2.17. The van der Waals surface area contributed by atoms with Gasteiger partial charge in [-0.1, -0.05) is 23.7 Å². The van der Waals surface area contributed by atoms with Crippen molar-refractivity contribution in [1.29, 1.82) is 0 Å². The average molecular weight is 579 g/mol. The van der Waals surface area contributed by atoms with Gasteiger partial charge >= 0.3 is 0 Å². The Bertz CT molecular complexity index is 1100. The van der Waals surface area contributed by atoms with Gasteiger partial charge in [-0.05, 0) is 96.1 Å². The standard InChI is InChI=1S/C25H24ClIN2O4/c1-3-31-21-11-7-19(8-12-21)25(30)29-28-15-18-13-22(27)24(23(14-18)32-4-2)33-16-17-5-9-20(26)10-6-17/h5-15H,3-4,16H2,1-2H3,(H,29,30)/b28-15+. The summed E-state index contributed by atoms with van der Waals surface area (Å²) in [6.07, 6.45) is 1.57. The van der Waals surface area contributed by atoms with Crippen molar-refractivity contribution in [2.75, 3.05) is 13.2 Å². The van der Waals surface area contributed by atoms with Crippen LogP contribution < -0.4 is 19.6 Å². The third kappa shape index (κ3) is 7.36.